The van der Waals surface area contributed by atoms with E-state index in [1.165, 1.54) is 103 Å². The normalized spacial score (nSPS) is 27.8. The predicted octanol–water partition coefficient (Wildman–Crippen LogP) is 5.90. The number of allylic oxidation sites excluding steroid dienone is 2. The first-order chi connectivity index (χ1) is 29.1. The molecular weight excluding hydrogens is 776 g/mol. The van der Waals surface area contributed by atoms with Crippen LogP contribution in [0.5, 0.6) is 0 Å². The number of aliphatic hydroxyl groups is 7. The average Bonchev–Trinajstić information content (AvgIpc) is 3.24. The van der Waals surface area contributed by atoms with Gasteiger partial charge in [0.25, 0.3) is 0 Å². The molecule has 14 heteroatoms. The summed E-state index contributed by atoms with van der Waals surface area (Å²) in [5, 5.41) is 71.7. The lowest BCUT2D eigenvalue weighted by Crippen LogP contribution is -2.61. The van der Waals surface area contributed by atoms with Crippen molar-refractivity contribution in [2.75, 3.05) is 33.0 Å². The third kappa shape index (κ3) is 23.4. The summed E-state index contributed by atoms with van der Waals surface area (Å²) in [7, 11) is 0. The topological polar surface area (TPSA) is 214 Å². The minimum Gasteiger partial charge on any atom is -0.457 e. The van der Waals surface area contributed by atoms with Gasteiger partial charge < -0.3 is 64.2 Å². The standard InChI is InChI=1S/C46H86O14/c1-3-5-7-9-11-12-13-14-15-16-17-18-19-20-21-22-23-24-26-28-30-55-32-35(58-38(48)29-27-25-10-8-6-4-2)33-56-45-44(54)42(52)40(50)37(60-45)34-57-46-43(53)41(51)39(49)36(31-47)59-46/h14-15,35-37,39-47,49-54H,3-13,16-34H2,1-2H3/b15-14-. The van der Waals surface area contributed by atoms with Crippen molar-refractivity contribution >= 4 is 5.97 Å². The van der Waals surface area contributed by atoms with Gasteiger partial charge in [-0.2, -0.15) is 0 Å². The number of ether oxygens (including phenoxy) is 6. The van der Waals surface area contributed by atoms with Crippen LogP contribution in [0.4, 0.5) is 0 Å². The smallest absolute Gasteiger partial charge is 0.306 e. The summed E-state index contributed by atoms with van der Waals surface area (Å²) >= 11 is 0. The molecule has 2 aliphatic heterocycles. The molecule has 14 nitrogen and oxygen atoms in total. The fourth-order valence-corrected chi connectivity index (χ4v) is 7.57. The Bertz CT molecular complexity index is 1050. The van der Waals surface area contributed by atoms with E-state index >= 15 is 0 Å². The van der Waals surface area contributed by atoms with Gasteiger partial charge in [-0.15, -0.1) is 0 Å². The lowest BCUT2D eigenvalue weighted by molar-refractivity contribution is -0.332. The lowest BCUT2D eigenvalue weighted by Gasteiger charge is -2.42. The van der Waals surface area contributed by atoms with Gasteiger partial charge in [0.1, 0.15) is 54.9 Å². The van der Waals surface area contributed by atoms with Gasteiger partial charge >= 0.3 is 5.97 Å². The highest BCUT2D eigenvalue weighted by Gasteiger charge is 2.47. The second-order valence-corrected chi connectivity index (χ2v) is 16.9. The number of hydrogen-bond donors (Lipinski definition) is 7. The molecule has 0 spiro atoms. The van der Waals surface area contributed by atoms with E-state index in [4.69, 9.17) is 28.4 Å². The molecular formula is C46H86O14. The molecule has 2 fully saturated rings. The molecule has 0 aromatic carbocycles. The van der Waals surface area contributed by atoms with Gasteiger partial charge in [-0.05, 0) is 38.5 Å². The number of unbranched alkanes of at least 4 members (excludes halogenated alkanes) is 21. The van der Waals surface area contributed by atoms with Gasteiger partial charge in [0.15, 0.2) is 12.6 Å². The molecule has 11 unspecified atom stereocenters. The molecule has 0 bridgehead atoms. The predicted molar refractivity (Wildman–Crippen MR) is 229 cm³/mol. The van der Waals surface area contributed by atoms with E-state index in [9.17, 15) is 40.5 Å². The van der Waals surface area contributed by atoms with Crippen LogP contribution in [0.15, 0.2) is 12.2 Å². The molecule has 2 heterocycles. The summed E-state index contributed by atoms with van der Waals surface area (Å²) in [6, 6.07) is 0. The highest BCUT2D eigenvalue weighted by molar-refractivity contribution is 5.69. The van der Waals surface area contributed by atoms with Crippen LogP contribution in [-0.4, -0.2) is 142 Å². The lowest BCUT2D eigenvalue weighted by atomic mass is 9.98. The summed E-state index contributed by atoms with van der Waals surface area (Å²) in [6.07, 6.45) is 17.5. The molecule has 2 aliphatic rings. The zero-order valence-corrected chi connectivity index (χ0v) is 37.2. The van der Waals surface area contributed by atoms with Crippen LogP contribution in [0.2, 0.25) is 0 Å². The zero-order chi connectivity index (χ0) is 43.8. The zero-order valence-electron chi connectivity index (χ0n) is 37.2. The van der Waals surface area contributed by atoms with Crippen molar-refractivity contribution in [3.05, 3.63) is 12.2 Å². The summed E-state index contributed by atoms with van der Waals surface area (Å²) in [5.74, 6) is -0.385. The van der Waals surface area contributed by atoms with E-state index in [-0.39, 0.29) is 25.6 Å². The van der Waals surface area contributed by atoms with Crippen molar-refractivity contribution in [1.29, 1.82) is 0 Å². The Morgan fingerprint density at radius 1 is 0.533 bits per heavy atom. The number of esters is 1. The van der Waals surface area contributed by atoms with Crippen LogP contribution in [0.25, 0.3) is 0 Å². The molecule has 11 atom stereocenters. The second-order valence-electron chi connectivity index (χ2n) is 16.9. The van der Waals surface area contributed by atoms with E-state index in [0.29, 0.717) is 13.0 Å². The molecule has 2 rings (SSSR count). The number of rotatable bonds is 37. The largest absolute Gasteiger partial charge is 0.457 e. The Morgan fingerprint density at radius 2 is 0.983 bits per heavy atom. The molecule has 354 valence electrons. The summed E-state index contributed by atoms with van der Waals surface area (Å²) < 4.78 is 34.0. The molecule has 0 radical (unpaired) electrons. The monoisotopic (exact) mass is 863 g/mol. The van der Waals surface area contributed by atoms with Crippen LogP contribution in [0.3, 0.4) is 0 Å². The first-order valence-corrected chi connectivity index (χ1v) is 23.8. The maximum absolute atomic E-state index is 12.8. The van der Waals surface area contributed by atoms with Crippen LogP contribution < -0.4 is 0 Å². The quantitative estimate of drug-likeness (QED) is 0.0220. The minimum atomic E-state index is -1.70. The van der Waals surface area contributed by atoms with Crippen LogP contribution in [0, 0.1) is 0 Å². The second kappa shape index (κ2) is 35.1. The van der Waals surface area contributed by atoms with Gasteiger partial charge in [-0.1, -0.05) is 142 Å². The first kappa shape index (κ1) is 54.9. The number of carbonyl (C=O) groups excluding carboxylic acids is 1. The Hall–Kier alpha value is -1.27. The van der Waals surface area contributed by atoms with E-state index in [0.717, 1.165) is 44.9 Å². The van der Waals surface area contributed by atoms with Gasteiger partial charge in [-0.25, -0.2) is 0 Å². The van der Waals surface area contributed by atoms with Crippen molar-refractivity contribution in [2.24, 2.45) is 0 Å². The third-order valence-electron chi connectivity index (χ3n) is 11.5. The molecule has 0 aromatic heterocycles. The van der Waals surface area contributed by atoms with Crippen molar-refractivity contribution in [1.82, 2.24) is 0 Å². The molecule has 0 aliphatic carbocycles. The van der Waals surface area contributed by atoms with E-state index < -0.39 is 80.7 Å². The highest BCUT2D eigenvalue weighted by Crippen LogP contribution is 2.26. The van der Waals surface area contributed by atoms with Gasteiger partial charge in [0, 0.05) is 13.0 Å². The summed E-state index contributed by atoms with van der Waals surface area (Å²) in [5.41, 5.74) is 0. The van der Waals surface area contributed by atoms with E-state index in [1.807, 2.05) is 0 Å². The molecule has 0 amide bonds. The number of hydrogen-bond acceptors (Lipinski definition) is 14. The van der Waals surface area contributed by atoms with Crippen molar-refractivity contribution < 1.29 is 69.0 Å². The molecule has 0 saturated carbocycles. The molecule has 7 N–H and O–H groups in total. The maximum atomic E-state index is 12.8. The molecule has 60 heavy (non-hydrogen) atoms. The summed E-state index contributed by atoms with van der Waals surface area (Å²) in [6.45, 7) is 3.62. The first-order valence-electron chi connectivity index (χ1n) is 23.8. The Kier molecular flexibility index (Phi) is 32.1. The van der Waals surface area contributed by atoms with E-state index in [1.54, 1.807) is 0 Å². The highest BCUT2D eigenvalue weighted by atomic mass is 16.7. The average molecular weight is 863 g/mol. The van der Waals surface area contributed by atoms with Gasteiger partial charge in [0.05, 0.1) is 26.4 Å². The third-order valence-corrected chi connectivity index (χ3v) is 11.5. The maximum Gasteiger partial charge on any atom is 0.306 e. The minimum absolute atomic E-state index is 0.0643. The van der Waals surface area contributed by atoms with E-state index in [2.05, 4.69) is 26.0 Å². The molecule has 2 saturated heterocycles. The fourth-order valence-electron chi connectivity index (χ4n) is 7.57. The number of aliphatic hydroxyl groups excluding tert-OH is 7. The van der Waals surface area contributed by atoms with Crippen LogP contribution in [-0.2, 0) is 33.2 Å². The Morgan fingerprint density at radius 3 is 1.52 bits per heavy atom. The van der Waals surface area contributed by atoms with Gasteiger partial charge in [-0.3, -0.25) is 4.79 Å². The SMILES string of the molecule is CCCCCCCC/C=C\CCCCCCCCCCCCOCC(COC1OC(COC2OC(CO)C(O)C(O)C2O)C(O)C(O)C1O)OC(=O)CCCCCCCC. The van der Waals surface area contributed by atoms with Crippen molar-refractivity contribution in [3.8, 4) is 0 Å². The van der Waals surface area contributed by atoms with Gasteiger partial charge in [0.2, 0.25) is 0 Å². The van der Waals surface area contributed by atoms with Crippen molar-refractivity contribution in [2.45, 2.75) is 242 Å². The molecule has 0 aromatic rings. The number of carbonyl (C=O) groups is 1. The summed E-state index contributed by atoms with van der Waals surface area (Å²) in [4.78, 5) is 12.8. The fraction of sp³-hybridized carbons (Fsp3) is 0.935. The van der Waals surface area contributed by atoms with Crippen molar-refractivity contribution in [3.63, 3.8) is 0 Å². The van der Waals surface area contributed by atoms with Crippen LogP contribution in [0.1, 0.15) is 174 Å². The van der Waals surface area contributed by atoms with Crippen LogP contribution >= 0.6 is 0 Å². The Labute approximate surface area is 361 Å². The Balaban J connectivity index is 1.70.